The zero-order chi connectivity index (χ0) is 13.1. The number of nitrogens with zero attached hydrogens (tertiary/aromatic N) is 2. The molecular weight excluding hydrogens is 271 g/mol. The van der Waals surface area contributed by atoms with Crippen molar-refractivity contribution in [2.45, 2.75) is 38.6 Å². The Morgan fingerprint density at radius 1 is 1.39 bits per heavy atom. The monoisotopic (exact) mass is 286 g/mol. The van der Waals surface area contributed by atoms with Gasteiger partial charge in [-0.05, 0) is 31.9 Å². The number of amides is 1. The van der Waals surface area contributed by atoms with Crippen LogP contribution in [0.3, 0.4) is 0 Å². The molecule has 1 fully saturated rings. The Balaban J connectivity index is 2.25. The molecule has 1 saturated carbocycles. The Hall–Kier alpha value is -0.800. The summed E-state index contributed by atoms with van der Waals surface area (Å²) in [5, 5.41) is 0.658. The van der Waals surface area contributed by atoms with E-state index in [1.54, 1.807) is 12.1 Å². The normalized spacial score (nSPS) is 15.9. The van der Waals surface area contributed by atoms with Gasteiger partial charge in [0.15, 0.2) is 0 Å². The maximum atomic E-state index is 12.5. The smallest absolute Gasteiger partial charge is 0.274 e. The second kappa shape index (κ2) is 5.89. The molecule has 1 aromatic rings. The molecular formula is C13H16Cl2N2O. The maximum Gasteiger partial charge on any atom is 0.274 e. The molecule has 1 aliphatic rings. The summed E-state index contributed by atoms with van der Waals surface area (Å²) in [5.74, 6) is -0.114. The Bertz CT molecular complexity index is 445. The van der Waals surface area contributed by atoms with Gasteiger partial charge in [-0.3, -0.25) is 4.79 Å². The minimum Gasteiger partial charge on any atom is -0.335 e. The van der Waals surface area contributed by atoms with E-state index in [1.807, 2.05) is 11.8 Å². The van der Waals surface area contributed by atoms with Gasteiger partial charge >= 0.3 is 0 Å². The van der Waals surface area contributed by atoms with E-state index >= 15 is 0 Å². The van der Waals surface area contributed by atoms with Gasteiger partial charge in [-0.2, -0.15) is 0 Å². The Morgan fingerprint density at radius 2 is 2.06 bits per heavy atom. The lowest BCUT2D eigenvalue weighted by Crippen LogP contribution is -2.39. The van der Waals surface area contributed by atoms with Crippen LogP contribution in [0.1, 0.15) is 43.1 Å². The van der Waals surface area contributed by atoms with Crippen LogP contribution in [0.25, 0.3) is 0 Å². The van der Waals surface area contributed by atoms with Gasteiger partial charge in [0.2, 0.25) is 0 Å². The molecule has 0 spiro atoms. The second-order valence-electron chi connectivity index (χ2n) is 4.49. The fourth-order valence-electron chi connectivity index (χ4n) is 2.49. The van der Waals surface area contributed by atoms with Gasteiger partial charge in [-0.25, -0.2) is 4.98 Å². The third-order valence-electron chi connectivity index (χ3n) is 3.38. The molecule has 0 unspecified atom stereocenters. The molecule has 2 rings (SSSR count). The molecule has 1 aliphatic carbocycles. The minimum atomic E-state index is -0.114. The van der Waals surface area contributed by atoms with E-state index in [0.717, 1.165) is 12.8 Å². The number of carbonyl (C=O) groups is 1. The van der Waals surface area contributed by atoms with Crippen LogP contribution in [-0.2, 0) is 0 Å². The van der Waals surface area contributed by atoms with Crippen LogP contribution >= 0.6 is 23.2 Å². The Morgan fingerprint density at radius 3 is 2.67 bits per heavy atom. The van der Waals surface area contributed by atoms with Crippen LogP contribution in [0.4, 0.5) is 0 Å². The number of halogens is 2. The van der Waals surface area contributed by atoms with Gasteiger partial charge < -0.3 is 4.90 Å². The molecule has 1 aromatic heterocycles. The number of rotatable bonds is 3. The van der Waals surface area contributed by atoms with Crippen molar-refractivity contribution >= 4 is 29.1 Å². The molecule has 0 radical (unpaired) electrons. The van der Waals surface area contributed by atoms with E-state index in [1.165, 1.54) is 12.8 Å². The highest BCUT2D eigenvalue weighted by atomic mass is 35.5. The highest BCUT2D eigenvalue weighted by Crippen LogP contribution is 2.26. The predicted molar refractivity (Wildman–Crippen MR) is 73.2 cm³/mol. The van der Waals surface area contributed by atoms with E-state index in [4.69, 9.17) is 23.2 Å². The van der Waals surface area contributed by atoms with Crippen LogP contribution < -0.4 is 0 Å². The van der Waals surface area contributed by atoms with Crippen molar-refractivity contribution in [2.24, 2.45) is 0 Å². The lowest BCUT2D eigenvalue weighted by molar-refractivity contribution is 0.0687. The summed E-state index contributed by atoms with van der Waals surface area (Å²) in [6.07, 6.45) is 4.51. The molecule has 0 saturated heterocycles. The molecule has 0 aromatic carbocycles. The third kappa shape index (κ3) is 2.78. The molecule has 0 bridgehead atoms. The standard InChI is InChI=1S/C13H16Cl2N2O/c1-2-17(9-5-3-4-6-9)13(18)12-10(14)7-8-11(15)16-12/h7-9H,2-6H2,1H3. The summed E-state index contributed by atoms with van der Waals surface area (Å²) < 4.78 is 0. The number of pyridine rings is 1. The third-order valence-corrected chi connectivity index (χ3v) is 3.90. The van der Waals surface area contributed by atoms with E-state index < -0.39 is 0 Å². The van der Waals surface area contributed by atoms with E-state index in [-0.39, 0.29) is 11.6 Å². The van der Waals surface area contributed by atoms with Crippen molar-refractivity contribution in [1.29, 1.82) is 0 Å². The second-order valence-corrected chi connectivity index (χ2v) is 5.29. The van der Waals surface area contributed by atoms with Crippen LogP contribution in [0.15, 0.2) is 12.1 Å². The molecule has 1 heterocycles. The summed E-state index contributed by atoms with van der Waals surface area (Å²) in [4.78, 5) is 18.4. The highest BCUT2D eigenvalue weighted by Gasteiger charge is 2.28. The minimum absolute atomic E-state index is 0.114. The predicted octanol–water partition coefficient (Wildman–Crippen LogP) is 3.79. The number of hydrogen-bond acceptors (Lipinski definition) is 2. The van der Waals surface area contributed by atoms with Crippen molar-refractivity contribution in [1.82, 2.24) is 9.88 Å². The first-order valence-corrected chi connectivity index (χ1v) is 7.02. The first-order valence-electron chi connectivity index (χ1n) is 6.26. The van der Waals surface area contributed by atoms with Gasteiger partial charge in [0, 0.05) is 12.6 Å². The molecule has 0 atom stereocenters. The molecule has 1 amide bonds. The van der Waals surface area contributed by atoms with Crippen LogP contribution in [-0.4, -0.2) is 28.4 Å². The first-order chi connectivity index (χ1) is 8.63. The quantitative estimate of drug-likeness (QED) is 0.792. The number of hydrogen-bond donors (Lipinski definition) is 0. The van der Waals surface area contributed by atoms with E-state index in [2.05, 4.69) is 4.98 Å². The van der Waals surface area contributed by atoms with Crippen molar-refractivity contribution in [3.05, 3.63) is 28.0 Å². The molecule has 0 N–H and O–H groups in total. The fraction of sp³-hybridized carbons (Fsp3) is 0.538. The number of carbonyl (C=O) groups excluding carboxylic acids is 1. The molecule has 3 nitrogen and oxygen atoms in total. The van der Waals surface area contributed by atoms with Crippen LogP contribution in [0.2, 0.25) is 10.2 Å². The average molecular weight is 287 g/mol. The lowest BCUT2D eigenvalue weighted by atomic mass is 10.2. The van der Waals surface area contributed by atoms with Crippen LogP contribution in [0.5, 0.6) is 0 Å². The largest absolute Gasteiger partial charge is 0.335 e. The summed E-state index contributed by atoms with van der Waals surface area (Å²) >= 11 is 11.9. The summed E-state index contributed by atoms with van der Waals surface area (Å²) in [7, 11) is 0. The first kappa shape index (κ1) is 13.6. The van der Waals surface area contributed by atoms with E-state index in [9.17, 15) is 4.79 Å². The van der Waals surface area contributed by atoms with Crippen molar-refractivity contribution in [3.63, 3.8) is 0 Å². The van der Waals surface area contributed by atoms with Gasteiger partial charge in [0.1, 0.15) is 10.8 Å². The van der Waals surface area contributed by atoms with Crippen LogP contribution in [0, 0.1) is 0 Å². The van der Waals surface area contributed by atoms with Gasteiger partial charge in [0.05, 0.1) is 5.02 Å². The van der Waals surface area contributed by atoms with Gasteiger partial charge in [-0.1, -0.05) is 36.0 Å². The topological polar surface area (TPSA) is 33.2 Å². The molecule has 98 valence electrons. The summed E-state index contributed by atoms with van der Waals surface area (Å²) in [6.45, 7) is 2.66. The van der Waals surface area contributed by atoms with Crippen molar-refractivity contribution < 1.29 is 4.79 Å². The SMILES string of the molecule is CCN(C(=O)c1nc(Cl)ccc1Cl)C1CCCC1. The highest BCUT2D eigenvalue weighted by molar-refractivity contribution is 6.34. The van der Waals surface area contributed by atoms with Crippen molar-refractivity contribution in [2.75, 3.05) is 6.54 Å². The molecule has 0 aliphatic heterocycles. The zero-order valence-electron chi connectivity index (χ0n) is 10.3. The summed E-state index contributed by atoms with van der Waals surface area (Å²) in [5.41, 5.74) is 0.262. The van der Waals surface area contributed by atoms with Crippen molar-refractivity contribution in [3.8, 4) is 0 Å². The van der Waals surface area contributed by atoms with E-state index in [0.29, 0.717) is 22.8 Å². The summed E-state index contributed by atoms with van der Waals surface area (Å²) in [6, 6.07) is 3.53. The van der Waals surface area contributed by atoms with Gasteiger partial charge in [0.25, 0.3) is 5.91 Å². The Labute approximate surface area is 117 Å². The average Bonchev–Trinajstić information content (AvgIpc) is 2.87. The Kier molecular flexibility index (Phi) is 4.46. The molecule has 5 heteroatoms. The zero-order valence-corrected chi connectivity index (χ0v) is 11.8. The number of aromatic nitrogens is 1. The lowest BCUT2D eigenvalue weighted by Gasteiger charge is -2.27. The molecule has 18 heavy (non-hydrogen) atoms. The maximum absolute atomic E-state index is 12.5. The van der Waals surface area contributed by atoms with Gasteiger partial charge in [-0.15, -0.1) is 0 Å². The fourth-order valence-corrected chi connectivity index (χ4v) is 2.82.